The molecule has 1 amide bonds. The molecule has 0 aliphatic carbocycles. The van der Waals surface area contributed by atoms with Crippen LogP contribution in [0.15, 0.2) is 6.07 Å². The molecule has 3 rings (SSSR count). The summed E-state index contributed by atoms with van der Waals surface area (Å²) in [5, 5.41) is 9.48. The summed E-state index contributed by atoms with van der Waals surface area (Å²) in [4.78, 5) is 21.3. The molecular weight excluding hydrogens is 304 g/mol. The van der Waals surface area contributed by atoms with Crippen LogP contribution in [-0.2, 0) is 9.53 Å². The topological polar surface area (TPSA) is 69.5 Å². The summed E-state index contributed by atoms with van der Waals surface area (Å²) >= 11 is 0. The zero-order valence-corrected chi connectivity index (χ0v) is 14.4. The number of aryl methyl sites for hydroxylation is 2. The Balaban J connectivity index is 1.74. The molecule has 2 fully saturated rings. The highest BCUT2D eigenvalue weighted by Gasteiger charge is 2.29. The summed E-state index contributed by atoms with van der Waals surface area (Å²) in [6.07, 6.45) is 1.72. The standard InChI is InChI=1S/C18H24N4O2/c1-13-10-14(2)20-17(16(13)11-19)21-5-3-6-22(8-7-21)18(23)15-4-9-24-12-15/h10,15H,3-9,12H2,1-2H3. The van der Waals surface area contributed by atoms with Gasteiger partial charge in [0.05, 0.1) is 18.1 Å². The zero-order valence-electron chi connectivity index (χ0n) is 14.4. The number of pyridine rings is 1. The van der Waals surface area contributed by atoms with E-state index in [1.54, 1.807) is 0 Å². The Morgan fingerprint density at radius 3 is 2.88 bits per heavy atom. The first kappa shape index (κ1) is 16.7. The lowest BCUT2D eigenvalue weighted by atomic mass is 10.1. The van der Waals surface area contributed by atoms with Gasteiger partial charge in [-0.15, -0.1) is 0 Å². The van der Waals surface area contributed by atoms with Crippen molar-refractivity contribution < 1.29 is 9.53 Å². The molecule has 24 heavy (non-hydrogen) atoms. The fourth-order valence-corrected chi connectivity index (χ4v) is 3.52. The number of nitriles is 1. The maximum atomic E-state index is 12.6. The Kier molecular flexibility index (Phi) is 5.00. The van der Waals surface area contributed by atoms with Gasteiger partial charge in [0.1, 0.15) is 11.9 Å². The number of amides is 1. The monoisotopic (exact) mass is 328 g/mol. The number of anilines is 1. The molecule has 0 spiro atoms. The van der Waals surface area contributed by atoms with Crippen molar-refractivity contribution in [1.82, 2.24) is 9.88 Å². The van der Waals surface area contributed by atoms with Gasteiger partial charge in [-0.05, 0) is 38.3 Å². The number of nitrogens with zero attached hydrogens (tertiary/aromatic N) is 4. The van der Waals surface area contributed by atoms with Gasteiger partial charge in [-0.1, -0.05) is 0 Å². The average Bonchev–Trinajstić information content (AvgIpc) is 2.98. The van der Waals surface area contributed by atoms with Gasteiger partial charge in [-0.2, -0.15) is 5.26 Å². The molecule has 128 valence electrons. The van der Waals surface area contributed by atoms with E-state index in [9.17, 15) is 10.1 Å². The highest BCUT2D eigenvalue weighted by atomic mass is 16.5. The van der Waals surface area contributed by atoms with E-state index < -0.39 is 0 Å². The Bertz CT molecular complexity index is 662. The van der Waals surface area contributed by atoms with Crippen LogP contribution in [0.5, 0.6) is 0 Å². The molecular formula is C18H24N4O2. The first-order valence-electron chi connectivity index (χ1n) is 8.60. The number of ether oxygens (including phenoxy) is 1. The van der Waals surface area contributed by atoms with Gasteiger partial charge in [0.2, 0.25) is 5.91 Å². The lowest BCUT2D eigenvalue weighted by Gasteiger charge is -2.25. The van der Waals surface area contributed by atoms with E-state index in [2.05, 4.69) is 16.0 Å². The van der Waals surface area contributed by atoms with Crippen LogP contribution < -0.4 is 4.90 Å². The molecule has 0 radical (unpaired) electrons. The molecule has 1 atom stereocenters. The first-order chi connectivity index (χ1) is 11.6. The van der Waals surface area contributed by atoms with E-state index in [-0.39, 0.29) is 11.8 Å². The van der Waals surface area contributed by atoms with Crippen molar-refractivity contribution in [3.63, 3.8) is 0 Å². The second kappa shape index (κ2) is 7.18. The maximum absolute atomic E-state index is 12.6. The highest BCUT2D eigenvalue weighted by molar-refractivity contribution is 5.79. The number of carbonyl (C=O) groups excluding carboxylic acids is 1. The van der Waals surface area contributed by atoms with Crippen LogP contribution >= 0.6 is 0 Å². The van der Waals surface area contributed by atoms with Crippen LogP contribution in [0.2, 0.25) is 0 Å². The number of hydrogen-bond acceptors (Lipinski definition) is 5. The predicted octanol–water partition coefficient (Wildman–Crippen LogP) is 1.65. The second-order valence-electron chi connectivity index (χ2n) is 6.62. The van der Waals surface area contributed by atoms with Gasteiger partial charge in [0, 0.05) is 38.5 Å². The van der Waals surface area contributed by atoms with Gasteiger partial charge in [-0.25, -0.2) is 4.98 Å². The van der Waals surface area contributed by atoms with Crippen LogP contribution in [0, 0.1) is 31.1 Å². The molecule has 1 aromatic rings. The van der Waals surface area contributed by atoms with Gasteiger partial charge >= 0.3 is 0 Å². The third-order valence-electron chi connectivity index (χ3n) is 4.82. The maximum Gasteiger partial charge on any atom is 0.228 e. The molecule has 2 aliphatic rings. The van der Waals surface area contributed by atoms with Crippen molar-refractivity contribution in [3.05, 3.63) is 22.9 Å². The number of hydrogen-bond donors (Lipinski definition) is 0. The number of carbonyl (C=O) groups is 1. The molecule has 3 heterocycles. The molecule has 0 aromatic carbocycles. The molecule has 6 nitrogen and oxygen atoms in total. The molecule has 1 unspecified atom stereocenters. The van der Waals surface area contributed by atoms with Crippen molar-refractivity contribution in [2.24, 2.45) is 5.92 Å². The van der Waals surface area contributed by atoms with Gasteiger partial charge < -0.3 is 14.5 Å². The summed E-state index contributed by atoms with van der Waals surface area (Å²) in [6.45, 7) is 8.10. The van der Waals surface area contributed by atoms with Crippen LogP contribution in [0.3, 0.4) is 0 Å². The fraction of sp³-hybridized carbons (Fsp3) is 0.611. The van der Waals surface area contributed by atoms with Crippen molar-refractivity contribution in [3.8, 4) is 6.07 Å². The lowest BCUT2D eigenvalue weighted by Crippen LogP contribution is -2.39. The third kappa shape index (κ3) is 3.36. The SMILES string of the molecule is Cc1cc(C)c(C#N)c(N2CCCN(C(=O)C3CCOC3)CC2)n1. The molecule has 0 N–H and O–H groups in total. The van der Waals surface area contributed by atoms with E-state index in [1.165, 1.54) is 0 Å². The van der Waals surface area contributed by atoms with Crippen molar-refractivity contribution in [2.45, 2.75) is 26.7 Å². The molecule has 0 bridgehead atoms. The Morgan fingerprint density at radius 1 is 1.33 bits per heavy atom. The smallest absolute Gasteiger partial charge is 0.228 e. The Labute approximate surface area is 143 Å². The Hall–Kier alpha value is -2.13. The van der Waals surface area contributed by atoms with E-state index in [1.807, 2.05) is 24.8 Å². The summed E-state index contributed by atoms with van der Waals surface area (Å²) in [5.41, 5.74) is 2.52. The van der Waals surface area contributed by atoms with E-state index in [0.29, 0.717) is 31.9 Å². The Morgan fingerprint density at radius 2 is 2.17 bits per heavy atom. The van der Waals surface area contributed by atoms with Crippen molar-refractivity contribution >= 4 is 11.7 Å². The quantitative estimate of drug-likeness (QED) is 0.825. The second-order valence-corrected chi connectivity index (χ2v) is 6.62. The molecule has 2 aliphatic heterocycles. The largest absolute Gasteiger partial charge is 0.381 e. The summed E-state index contributed by atoms with van der Waals surface area (Å²) < 4.78 is 5.34. The first-order valence-corrected chi connectivity index (χ1v) is 8.60. The summed E-state index contributed by atoms with van der Waals surface area (Å²) in [7, 11) is 0. The van der Waals surface area contributed by atoms with Crippen LogP contribution in [0.25, 0.3) is 0 Å². The molecule has 1 aromatic heterocycles. The number of rotatable bonds is 2. The van der Waals surface area contributed by atoms with E-state index >= 15 is 0 Å². The normalized spacial score (nSPS) is 21.5. The van der Waals surface area contributed by atoms with Crippen LogP contribution in [0.1, 0.15) is 29.7 Å². The van der Waals surface area contributed by atoms with Crippen LogP contribution in [-0.4, -0.2) is 55.2 Å². The molecule has 2 saturated heterocycles. The molecule has 0 saturated carbocycles. The number of aromatic nitrogens is 1. The van der Waals surface area contributed by atoms with Crippen molar-refractivity contribution in [2.75, 3.05) is 44.3 Å². The zero-order chi connectivity index (χ0) is 17.1. The van der Waals surface area contributed by atoms with Gasteiger partial charge in [-0.3, -0.25) is 4.79 Å². The summed E-state index contributed by atoms with van der Waals surface area (Å²) in [6, 6.07) is 4.23. The van der Waals surface area contributed by atoms with Gasteiger partial charge in [0.25, 0.3) is 0 Å². The highest BCUT2D eigenvalue weighted by Crippen LogP contribution is 2.24. The minimum atomic E-state index is 0.0190. The fourth-order valence-electron chi connectivity index (χ4n) is 3.52. The third-order valence-corrected chi connectivity index (χ3v) is 4.82. The van der Waals surface area contributed by atoms with E-state index in [4.69, 9.17) is 4.74 Å². The average molecular weight is 328 g/mol. The van der Waals surface area contributed by atoms with Crippen molar-refractivity contribution in [1.29, 1.82) is 5.26 Å². The van der Waals surface area contributed by atoms with Crippen LogP contribution in [0.4, 0.5) is 5.82 Å². The lowest BCUT2D eigenvalue weighted by molar-refractivity contribution is -0.135. The minimum Gasteiger partial charge on any atom is -0.381 e. The van der Waals surface area contributed by atoms with Gasteiger partial charge in [0.15, 0.2) is 0 Å². The molecule has 6 heteroatoms. The minimum absolute atomic E-state index is 0.0190. The summed E-state index contributed by atoms with van der Waals surface area (Å²) in [5.74, 6) is 0.988. The predicted molar refractivity (Wildman–Crippen MR) is 90.8 cm³/mol. The van der Waals surface area contributed by atoms with E-state index in [0.717, 1.165) is 43.0 Å².